The van der Waals surface area contributed by atoms with E-state index in [1.165, 1.54) is 5.56 Å². The quantitative estimate of drug-likeness (QED) is 0.827. The summed E-state index contributed by atoms with van der Waals surface area (Å²) in [6.07, 6.45) is 3.46. The molecule has 0 atom stereocenters. The predicted molar refractivity (Wildman–Crippen MR) is 93.6 cm³/mol. The number of nitrogens with zero attached hydrogens (tertiary/aromatic N) is 2. The van der Waals surface area contributed by atoms with E-state index in [9.17, 15) is 0 Å². The highest BCUT2D eigenvalue weighted by molar-refractivity contribution is 6.74. The van der Waals surface area contributed by atoms with Gasteiger partial charge in [-0.15, -0.1) is 0 Å². The maximum atomic E-state index is 6.28. The standard InChI is InChI=1S/C17H25N3OSi/c1-17(2,3)22(4,5)21-15-9-7-14(8-10-15)13-20-16-18-11-6-12-19-16/h6-12H,13H2,1-5H3,(H,18,19,20). The van der Waals surface area contributed by atoms with Gasteiger partial charge in [-0.2, -0.15) is 0 Å². The van der Waals surface area contributed by atoms with Gasteiger partial charge >= 0.3 is 0 Å². The van der Waals surface area contributed by atoms with Gasteiger partial charge in [0.25, 0.3) is 0 Å². The lowest BCUT2D eigenvalue weighted by atomic mass is 10.2. The monoisotopic (exact) mass is 315 g/mol. The maximum absolute atomic E-state index is 6.28. The molecule has 1 aromatic heterocycles. The van der Waals surface area contributed by atoms with Crippen molar-refractivity contribution in [3.8, 4) is 5.75 Å². The lowest BCUT2D eigenvalue weighted by molar-refractivity contribution is 0.492. The molecule has 2 aromatic rings. The summed E-state index contributed by atoms with van der Waals surface area (Å²) in [6, 6.07) is 10.1. The van der Waals surface area contributed by atoms with Crippen molar-refractivity contribution in [2.75, 3.05) is 5.32 Å². The van der Waals surface area contributed by atoms with Crippen molar-refractivity contribution in [2.45, 2.75) is 45.4 Å². The number of anilines is 1. The third-order valence-corrected chi connectivity index (χ3v) is 8.48. The molecule has 0 bridgehead atoms. The first-order chi connectivity index (χ1) is 10.3. The Bertz CT molecular complexity index is 592. The summed E-state index contributed by atoms with van der Waals surface area (Å²) >= 11 is 0. The summed E-state index contributed by atoms with van der Waals surface area (Å²) in [5.41, 5.74) is 1.18. The Hall–Kier alpha value is -1.88. The van der Waals surface area contributed by atoms with E-state index in [4.69, 9.17) is 4.43 Å². The van der Waals surface area contributed by atoms with Crippen LogP contribution in [0.5, 0.6) is 5.75 Å². The van der Waals surface area contributed by atoms with Crippen molar-refractivity contribution in [1.82, 2.24) is 9.97 Å². The Morgan fingerprint density at radius 3 is 2.18 bits per heavy atom. The molecule has 0 radical (unpaired) electrons. The molecule has 4 nitrogen and oxygen atoms in total. The number of aromatic nitrogens is 2. The minimum absolute atomic E-state index is 0.206. The molecule has 5 heteroatoms. The minimum Gasteiger partial charge on any atom is -0.544 e. The van der Waals surface area contributed by atoms with E-state index in [0.29, 0.717) is 12.5 Å². The summed E-state index contributed by atoms with van der Waals surface area (Å²) in [7, 11) is -1.77. The highest BCUT2D eigenvalue weighted by Crippen LogP contribution is 2.37. The van der Waals surface area contributed by atoms with Gasteiger partial charge in [-0.3, -0.25) is 0 Å². The van der Waals surface area contributed by atoms with Crippen LogP contribution in [0.15, 0.2) is 42.7 Å². The van der Waals surface area contributed by atoms with E-state index in [1.807, 2.05) is 12.1 Å². The second kappa shape index (κ2) is 6.48. The first kappa shape index (κ1) is 16.5. The van der Waals surface area contributed by atoms with Crippen LogP contribution in [0.1, 0.15) is 26.3 Å². The van der Waals surface area contributed by atoms with E-state index in [0.717, 1.165) is 5.75 Å². The van der Waals surface area contributed by atoms with Crippen LogP contribution in [-0.2, 0) is 6.54 Å². The normalized spacial score (nSPS) is 12.0. The van der Waals surface area contributed by atoms with Gasteiger partial charge in [0, 0.05) is 18.9 Å². The van der Waals surface area contributed by atoms with Crippen molar-refractivity contribution in [2.24, 2.45) is 0 Å². The van der Waals surface area contributed by atoms with Gasteiger partial charge in [0.05, 0.1) is 0 Å². The minimum atomic E-state index is -1.77. The van der Waals surface area contributed by atoms with E-state index >= 15 is 0 Å². The Morgan fingerprint density at radius 1 is 1.05 bits per heavy atom. The topological polar surface area (TPSA) is 47.0 Å². The van der Waals surface area contributed by atoms with Crippen molar-refractivity contribution < 1.29 is 4.43 Å². The Balaban J connectivity index is 1.96. The fraction of sp³-hybridized carbons (Fsp3) is 0.412. The third-order valence-electron chi connectivity index (χ3n) is 4.12. The van der Waals surface area contributed by atoms with Crippen LogP contribution in [0.2, 0.25) is 18.1 Å². The molecular formula is C17H25N3OSi. The van der Waals surface area contributed by atoms with Gasteiger partial charge in [0.1, 0.15) is 5.75 Å². The zero-order chi connectivity index (χ0) is 16.2. The van der Waals surface area contributed by atoms with Crippen LogP contribution in [0, 0.1) is 0 Å². The van der Waals surface area contributed by atoms with Gasteiger partial charge in [-0.1, -0.05) is 32.9 Å². The van der Waals surface area contributed by atoms with Crippen LogP contribution in [0.25, 0.3) is 0 Å². The largest absolute Gasteiger partial charge is 0.544 e. The summed E-state index contributed by atoms with van der Waals surface area (Å²) in [5, 5.41) is 3.40. The van der Waals surface area contributed by atoms with Gasteiger partial charge in [0.15, 0.2) is 0 Å². The molecular weight excluding hydrogens is 290 g/mol. The number of hydrogen-bond acceptors (Lipinski definition) is 4. The van der Waals surface area contributed by atoms with Gasteiger partial charge < -0.3 is 9.74 Å². The predicted octanol–water partition coefficient (Wildman–Crippen LogP) is 4.47. The summed E-state index contributed by atoms with van der Waals surface area (Å²) in [4.78, 5) is 8.29. The zero-order valence-electron chi connectivity index (χ0n) is 14.1. The number of benzene rings is 1. The fourth-order valence-corrected chi connectivity index (χ4v) is 2.73. The van der Waals surface area contributed by atoms with Gasteiger partial charge in [-0.25, -0.2) is 9.97 Å². The van der Waals surface area contributed by atoms with Crippen molar-refractivity contribution >= 4 is 14.3 Å². The lowest BCUT2D eigenvalue weighted by Crippen LogP contribution is -2.43. The maximum Gasteiger partial charge on any atom is 0.250 e. The lowest BCUT2D eigenvalue weighted by Gasteiger charge is -2.36. The van der Waals surface area contributed by atoms with E-state index < -0.39 is 8.32 Å². The Labute approximate surface area is 134 Å². The van der Waals surface area contributed by atoms with Crippen LogP contribution >= 0.6 is 0 Å². The molecule has 0 saturated heterocycles. The molecule has 0 saturated carbocycles. The van der Waals surface area contributed by atoms with E-state index in [2.05, 4.69) is 61.3 Å². The third kappa shape index (κ3) is 4.30. The van der Waals surface area contributed by atoms with Crippen molar-refractivity contribution in [3.05, 3.63) is 48.3 Å². The molecule has 1 heterocycles. The first-order valence-electron chi connectivity index (χ1n) is 7.57. The smallest absolute Gasteiger partial charge is 0.250 e. The summed E-state index contributed by atoms with van der Waals surface area (Å²) in [5.74, 6) is 1.59. The Morgan fingerprint density at radius 2 is 1.64 bits per heavy atom. The SMILES string of the molecule is CC(C)(C)[Si](C)(C)Oc1ccc(CNc2ncccn2)cc1. The van der Waals surface area contributed by atoms with Crippen molar-refractivity contribution in [1.29, 1.82) is 0 Å². The van der Waals surface area contributed by atoms with E-state index in [-0.39, 0.29) is 5.04 Å². The summed E-state index contributed by atoms with van der Waals surface area (Å²) < 4.78 is 6.28. The molecule has 0 spiro atoms. The van der Waals surface area contributed by atoms with Crippen LogP contribution < -0.4 is 9.74 Å². The number of nitrogens with one attached hydrogen (secondary N) is 1. The highest BCUT2D eigenvalue weighted by atomic mass is 28.4. The summed E-state index contributed by atoms with van der Waals surface area (Å²) in [6.45, 7) is 12.0. The molecule has 0 aliphatic carbocycles. The molecule has 118 valence electrons. The molecule has 0 unspecified atom stereocenters. The first-order valence-corrected chi connectivity index (χ1v) is 10.5. The fourth-order valence-electron chi connectivity index (χ4n) is 1.69. The second-order valence-corrected chi connectivity index (χ2v) is 11.7. The molecule has 1 aromatic carbocycles. The molecule has 0 aliphatic heterocycles. The van der Waals surface area contributed by atoms with Crippen LogP contribution in [0.3, 0.4) is 0 Å². The van der Waals surface area contributed by atoms with Crippen molar-refractivity contribution in [3.63, 3.8) is 0 Å². The van der Waals surface area contributed by atoms with Gasteiger partial charge in [0.2, 0.25) is 14.3 Å². The Kier molecular flexibility index (Phi) is 4.86. The van der Waals surface area contributed by atoms with Crippen LogP contribution in [0.4, 0.5) is 5.95 Å². The molecule has 0 amide bonds. The highest BCUT2D eigenvalue weighted by Gasteiger charge is 2.38. The average molecular weight is 315 g/mol. The molecule has 0 aliphatic rings. The number of hydrogen-bond donors (Lipinski definition) is 1. The molecule has 0 fully saturated rings. The van der Waals surface area contributed by atoms with Gasteiger partial charge in [-0.05, 0) is 41.9 Å². The molecule has 2 rings (SSSR count). The van der Waals surface area contributed by atoms with Crippen LogP contribution in [-0.4, -0.2) is 18.3 Å². The zero-order valence-corrected chi connectivity index (χ0v) is 15.1. The second-order valence-electron chi connectivity index (χ2n) is 6.93. The average Bonchev–Trinajstić information content (AvgIpc) is 2.46. The number of rotatable bonds is 5. The van der Waals surface area contributed by atoms with E-state index in [1.54, 1.807) is 18.5 Å². The molecule has 1 N–H and O–H groups in total. The molecule has 22 heavy (non-hydrogen) atoms.